The lowest BCUT2D eigenvalue weighted by molar-refractivity contribution is -0.132. The van der Waals surface area contributed by atoms with E-state index in [1.54, 1.807) is 0 Å². The van der Waals surface area contributed by atoms with E-state index in [1.807, 2.05) is 18.2 Å². The molecule has 0 saturated heterocycles. The van der Waals surface area contributed by atoms with Crippen LogP contribution in [0.2, 0.25) is 0 Å². The number of hydrogen-bond acceptors (Lipinski definition) is 4. The fraction of sp³-hybridized carbons (Fsp3) is 0.500. The second kappa shape index (κ2) is 12.1. The van der Waals surface area contributed by atoms with Crippen molar-refractivity contribution in [2.45, 2.75) is 77.7 Å². The highest BCUT2D eigenvalue weighted by Crippen LogP contribution is 2.25. The summed E-state index contributed by atoms with van der Waals surface area (Å²) in [4.78, 5) is 10.6. The number of H-pyrrole nitrogens is 1. The number of aromatic nitrogens is 2. The number of aromatic amines is 1. The number of carboxylic acids is 1. The second-order valence-electron chi connectivity index (χ2n) is 7.76. The molecule has 30 heavy (non-hydrogen) atoms. The van der Waals surface area contributed by atoms with E-state index in [-0.39, 0.29) is 17.6 Å². The lowest BCUT2D eigenvalue weighted by atomic mass is 9.98. The van der Waals surface area contributed by atoms with Crippen LogP contribution in [-0.2, 0) is 9.53 Å². The molecular formula is C24H35N3O3. The number of nitrogens with two attached hydrogens (primary N) is 1. The molecule has 1 saturated carbocycles. The van der Waals surface area contributed by atoms with E-state index < -0.39 is 5.97 Å². The lowest BCUT2D eigenvalue weighted by Gasteiger charge is -2.23. The molecular weight excluding hydrogens is 378 g/mol. The van der Waals surface area contributed by atoms with Gasteiger partial charge in [-0.15, -0.1) is 0 Å². The molecule has 1 aliphatic carbocycles. The molecule has 0 aliphatic heterocycles. The topological polar surface area (TPSA) is 101 Å². The fourth-order valence-electron chi connectivity index (χ4n) is 3.59. The highest BCUT2D eigenvalue weighted by atomic mass is 16.5. The van der Waals surface area contributed by atoms with Crippen molar-refractivity contribution in [1.29, 1.82) is 0 Å². The minimum atomic E-state index is -1.02. The number of aliphatic carboxylic acids is 1. The molecule has 1 aromatic heterocycles. The molecule has 6 heteroatoms. The van der Waals surface area contributed by atoms with Crippen molar-refractivity contribution in [2.75, 3.05) is 0 Å². The summed E-state index contributed by atoms with van der Waals surface area (Å²) >= 11 is 0. The zero-order valence-electron chi connectivity index (χ0n) is 18.4. The minimum absolute atomic E-state index is 0.0596. The van der Waals surface area contributed by atoms with Gasteiger partial charge in [-0.2, -0.15) is 5.10 Å². The van der Waals surface area contributed by atoms with Gasteiger partial charge in [0.1, 0.15) is 6.10 Å². The zero-order chi connectivity index (χ0) is 21.9. The van der Waals surface area contributed by atoms with Gasteiger partial charge in [0.15, 0.2) is 5.88 Å². The maximum atomic E-state index is 10.6. The molecule has 1 aliphatic rings. The van der Waals surface area contributed by atoms with E-state index in [9.17, 15) is 4.79 Å². The Balaban J connectivity index is 0.000000216. The Morgan fingerprint density at radius 3 is 2.40 bits per heavy atom. The third-order valence-corrected chi connectivity index (χ3v) is 5.63. The molecule has 0 amide bonds. The molecule has 1 aromatic carbocycles. The molecule has 164 valence electrons. The maximum Gasteiger partial charge on any atom is 0.336 e. The average Bonchev–Trinajstić information content (AvgIpc) is 3.26. The monoisotopic (exact) mass is 413 g/mol. The molecule has 3 rings (SSSR count). The molecule has 0 unspecified atom stereocenters. The van der Waals surface area contributed by atoms with Gasteiger partial charge in [-0.1, -0.05) is 50.6 Å². The van der Waals surface area contributed by atoms with Gasteiger partial charge in [0.2, 0.25) is 0 Å². The van der Waals surface area contributed by atoms with Gasteiger partial charge in [0, 0.05) is 17.2 Å². The van der Waals surface area contributed by atoms with Crippen LogP contribution in [0.25, 0.3) is 11.3 Å². The van der Waals surface area contributed by atoms with Gasteiger partial charge in [0.25, 0.3) is 0 Å². The summed E-state index contributed by atoms with van der Waals surface area (Å²) in [5.74, 6) is -0.354. The molecule has 0 bridgehead atoms. The Morgan fingerprint density at radius 1 is 1.20 bits per heavy atom. The molecule has 1 fully saturated rings. The number of carbonyl (C=O) groups is 1. The van der Waals surface area contributed by atoms with Crippen molar-refractivity contribution in [2.24, 2.45) is 5.73 Å². The summed E-state index contributed by atoms with van der Waals surface area (Å²) in [7, 11) is 0. The van der Waals surface area contributed by atoms with E-state index in [1.165, 1.54) is 24.6 Å². The van der Waals surface area contributed by atoms with E-state index in [0.29, 0.717) is 5.92 Å². The van der Waals surface area contributed by atoms with Crippen molar-refractivity contribution in [1.82, 2.24) is 10.2 Å². The standard InChI is InChI=1S/C14H18N2.C10H17NO3/c1-3-11(4-2)13-10-14(16-15-13)12-8-6-5-7-9-12;1-7(10(12)13)9(11)14-8-5-3-2-4-6-8/h5-11H,3-4H2,1-2H3,(H,15,16);8H,2-6,11H2,1H3,(H,12,13)/b;9-7-. The molecule has 0 spiro atoms. The number of rotatable bonds is 7. The molecule has 4 N–H and O–H groups in total. The maximum absolute atomic E-state index is 10.6. The van der Waals surface area contributed by atoms with Gasteiger partial charge >= 0.3 is 5.97 Å². The van der Waals surface area contributed by atoms with Gasteiger partial charge in [-0.25, -0.2) is 4.79 Å². The molecule has 1 heterocycles. The Kier molecular flexibility index (Phi) is 9.45. The summed E-state index contributed by atoms with van der Waals surface area (Å²) in [6.45, 7) is 5.90. The van der Waals surface area contributed by atoms with Gasteiger partial charge in [-0.3, -0.25) is 5.10 Å². The first kappa shape index (κ1) is 23.5. The third kappa shape index (κ3) is 6.94. The summed E-state index contributed by atoms with van der Waals surface area (Å²) in [5.41, 5.74) is 9.09. The van der Waals surface area contributed by atoms with Crippen LogP contribution >= 0.6 is 0 Å². The van der Waals surface area contributed by atoms with Crippen molar-refractivity contribution >= 4 is 5.97 Å². The zero-order valence-corrected chi connectivity index (χ0v) is 18.4. The van der Waals surface area contributed by atoms with E-state index in [0.717, 1.165) is 44.2 Å². The summed E-state index contributed by atoms with van der Waals surface area (Å²) in [5, 5.41) is 16.2. The first-order valence-electron chi connectivity index (χ1n) is 10.9. The van der Waals surface area contributed by atoms with Gasteiger partial charge in [0.05, 0.1) is 11.3 Å². The van der Waals surface area contributed by atoms with Crippen LogP contribution < -0.4 is 5.73 Å². The van der Waals surface area contributed by atoms with Gasteiger partial charge in [-0.05, 0) is 51.5 Å². The number of carboxylic acid groups (broad SMARTS) is 1. The van der Waals surface area contributed by atoms with Crippen molar-refractivity contribution in [3.05, 3.63) is 53.5 Å². The summed E-state index contributed by atoms with van der Waals surface area (Å²) < 4.78 is 5.39. The number of nitrogens with one attached hydrogen (secondary N) is 1. The van der Waals surface area contributed by atoms with Gasteiger partial charge < -0.3 is 15.6 Å². The van der Waals surface area contributed by atoms with Crippen LogP contribution in [0.3, 0.4) is 0 Å². The Labute approximate surface area is 179 Å². The molecule has 6 nitrogen and oxygen atoms in total. The van der Waals surface area contributed by atoms with Crippen molar-refractivity contribution < 1.29 is 14.6 Å². The fourth-order valence-corrected chi connectivity index (χ4v) is 3.59. The van der Waals surface area contributed by atoms with Crippen molar-refractivity contribution in [3.8, 4) is 11.3 Å². The smallest absolute Gasteiger partial charge is 0.336 e. The van der Waals surface area contributed by atoms with Crippen LogP contribution in [0.4, 0.5) is 0 Å². The normalized spacial score (nSPS) is 15.2. The predicted molar refractivity (Wildman–Crippen MR) is 120 cm³/mol. The molecule has 0 atom stereocenters. The predicted octanol–water partition coefficient (Wildman–Crippen LogP) is 5.59. The number of benzene rings is 1. The Hall–Kier alpha value is -2.76. The molecule has 0 radical (unpaired) electrons. The third-order valence-electron chi connectivity index (χ3n) is 5.63. The summed E-state index contributed by atoms with van der Waals surface area (Å²) in [6.07, 6.45) is 7.91. The van der Waals surface area contributed by atoms with Crippen molar-refractivity contribution in [3.63, 3.8) is 0 Å². The van der Waals surface area contributed by atoms with Crippen LogP contribution in [-0.4, -0.2) is 27.4 Å². The quantitative estimate of drug-likeness (QED) is 0.406. The Bertz CT molecular complexity index is 804. The van der Waals surface area contributed by atoms with Crippen LogP contribution in [0.1, 0.15) is 77.3 Å². The van der Waals surface area contributed by atoms with Crippen LogP contribution in [0, 0.1) is 0 Å². The van der Waals surface area contributed by atoms with E-state index in [4.69, 9.17) is 15.6 Å². The van der Waals surface area contributed by atoms with Crippen LogP contribution in [0.15, 0.2) is 47.9 Å². The SMILES string of the molecule is C/C(C(=O)O)=C(\N)OC1CCCCC1.CCC(CC)c1cc(-c2ccccc2)n[nH]1. The Morgan fingerprint density at radius 2 is 1.83 bits per heavy atom. The highest BCUT2D eigenvalue weighted by molar-refractivity contribution is 5.86. The number of hydrogen-bond donors (Lipinski definition) is 3. The average molecular weight is 414 g/mol. The lowest BCUT2D eigenvalue weighted by Crippen LogP contribution is -2.21. The number of nitrogens with zero attached hydrogens (tertiary/aromatic N) is 1. The van der Waals surface area contributed by atoms with Crippen LogP contribution in [0.5, 0.6) is 0 Å². The first-order chi connectivity index (χ1) is 14.5. The largest absolute Gasteiger partial charge is 0.478 e. The van der Waals surface area contributed by atoms with E-state index in [2.05, 4.69) is 42.2 Å². The highest BCUT2D eigenvalue weighted by Gasteiger charge is 2.17. The molecule has 2 aromatic rings. The minimum Gasteiger partial charge on any atom is -0.478 e. The second-order valence-corrected chi connectivity index (χ2v) is 7.76. The first-order valence-corrected chi connectivity index (χ1v) is 10.9. The summed E-state index contributed by atoms with van der Waals surface area (Å²) in [6, 6.07) is 12.5. The van der Waals surface area contributed by atoms with E-state index >= 15 is 0 Å². The number of ether oxygens (including phenoxy) is 1.